The Morgan fingerprint density at radius 2 is 2.20 bits per heavy atom. The number of nitrogens with two attached hydrogens (primary N) is 1. The van der Waals surface area contributed by atoms with Gasteiger partial charge in [-0.1, -0.05) is 25.2 Å². The highest BCUT2D eigenvalue weighted by Gasteiger charge is 2.19. The first-order valence-corrected chi connectivity index (χ1v) is 6.76. The van der Waals surface area contributed by atoms with E-state index in [9.17, 15) is 9.18 Å². The molecule has 0 aliphatic heterocycles. The highest BCUT2D eigenvalue weighted by molar-refractivity contribution is 5.96. The quantitative estimate of drug-likeness (QED) is 0.858. The van der Waals surface area contributed by atoms with Crippen LogP contribution in [0.15, 0.2) is 18.2 Å². The molecule has 20 heavy (non-hydrogen) atoms. The zero-order valence-corrected chi connectivity index (χ0v) is 12.2. The summed E-state index contributed by atoms with van der Waals surface area (Å²) < 4.78 is 13.4. The van der Waals surface area contributed by atoms with Gasteiger partial charge in [0, 0.05) is 18.7 Å². The van der Waals surface area contributed by atoms with E-state index in [1.807, 2.05) is 6.92 Å². The summed E-state index contributed by atoms with van der Waals surface area (Å²) in [6, 6.07) is 4.15. The Bertz CT molecular complexity index is 531. The number of carbonyl (C=O) groups excluding carboxylic acids is 1. The van der Waals surface area contributed by atoms with Gasteiger partial charge in [-0.15, -0.1) is 0 Å². The zero-order chi connectivity index (χ0) is 15.1. The molecule has 0 saturated heterocycles. The average Bonchev–Trinajstić information content (AvgIpc) is 2.44. The molecule has 0 radical (unpaired) electrons. The second-order valence-corrected chi connectivity index (χ2v) is 4.75. The minimum absolute atomic E-state index is 0.103. The number of hydrogen-bond donors (Lipinski definition) is 1. The molecule has 1 amide bonds. The Hall–Kier alpha value is -1.86. The number of carbonyl (C=O) groups is 1. The van der Waals surface area contributed by atoms with Crippen molar-refractivity contribution in [1.82, 2.24) is 4.90 Å². The molecule has 0 fully saturated rings. The lowest BCUT2D eigenvalue weighted by Crippen LogP contribution is -2.35. The van der Waals surface area contributed by atoms with Gasteiger partial charge in [-0.3, -0.25) is 4.79 Å². The van der Waals surface area contributed by atoms with Crippen molar-refractivity contribution in [2.24, 2.45) is 5.73 Å². The molecule has 108 valence electrons. The summed E-state index contributed by atoms with van der Waals surface area (Å²) in [5, 5.41) is 0. The monoisotopic (exact) mass is 276 g/mol. The van der Waals surface area contributed by atoms with Gasteiger partial charge in [0.2, 0.25) is 0 Å². The Morgan fingerprint density at radius 3 is 2.80 bits per heavy atom. The van der Waals surface area contributed by atoms with Gasteiger partial charge in [-0.05, 0) is 31.5 Å². The Morgan fingerprint density at radius 1 is 1.50 bits per heavy atom. The van der Waals surface area contributed by atoms with Crippen LogP contribution in [0.1, 0.15) is 42.6 Å². The van der Waals surface area contributed by atoms with Gasteiger partial charge in [0.05, 0.1) is 12.1 Å². The van der Waals surface area contributed by atoms with Crippen LogP contribution in [0.3, 0.4) is 0 Å². The van der Waals surface area contributed by atoms with Crippen molar-refractivity contribution < 1.29 is 9.18 Å². The van der Waals surface area contributed by atoms with Gasteiger partial charge in [0.1, 0.15) is 5.82 Å². The molecule has 0 bridgehead atoms. The summed E-state index contributed by atoms with van der Waals surface area (Å²) in [7, 11) is 1.73. The van der Waals surface area contributed by atoms with Crippen molar-refractivity contribution in [2.75, 3.05) is 13.6 Å². The van der Waals surface area contributed by atoms with Crippen molar-refractivity contribution in [2.45, 2.75) is 32.7 Å². The first-order chi connectivity index (χ1) is 9.51. The summed E-state index contributed by atoms with van der Waals surface area (Å²) >= 11 is 0. The molecule has 0 aliphatic rings. The normalized spacial score (nSPS) is 11.4. The standard InChI is InChI=1S/C16H21FN2O/c1-4-6-12(2)19(3)16(20)15-11-14(17)9-8-13(15)7-5-10-18/h8-9,11-12H,4,6,10,18H2,1-3H3. The SMILES string of the molecule is CCCC(C)N(C)C(=O)c1cc(F)ccc1C#CCN. The number of rotatable bonds is 4. The molecular weight excluding hydrogens is 255 g/mol. The van der Waals surface area contributed by atoms with E-state index in [-0.39, 0.29) is 24.1 Å². The second-order valence-electron chi connectivity index (χ2n) is 4.75. The maximum atomic E-state index is 13.4. The van der Waals surface area contributed by atoms with Crippen molar-refractivity contribution >= 4 is 5.91 Å². The van der Waals surface area contributed by atoms with E-state index in [0.717, 1.165) is 12.8 Å². The van der Waals surface area contributed by atoms with Crippen LogP contribution in [0.2, 0.25) is 0 Å². The van der Waals surface area contributed by atoms with Crippen LogP contribution in [0.5, 0.6) is 0 Å². The van der Waals surface area contributed by atoms with Crippen LogP contribution in [-0.2, 0) is 0 Å². The van der Waals surface area contributed by atoms with Gasteiger partial charge in [0.25, 0.3) is 5.91 Å². The third-order valence-electron chi connectivity index (χ3n) is 3.23. The van der Waals surface area contributed by atoms with Crippen molar-refractivity contribution in [3.63, 3.8) is 0 Å². The Balaban J connectivity index is 3.10. The van der Waals surface area contributed by atoms with Crippen molar-refractivity contribution in [3.05, 3.63) is 35.1 Å². The van der Waals surface area contributed by atoms with E-state index >= 15 is 0 Å². The fourth-order valence-electron chi connectivity index (χ4n) is 1.95. The van der Waals surface area contributed by atoms with E-state index < -0.39 is 5.82 Å². The molecule has 1 aromatic rings. The lowest BCUT2D eigenvalue weighted by Gasteiger charge is -2.25. The number of nitrogens with zero attached hydrogens (tertiary/aromatic N) is 1. The van der Waals surface area contributed by atoms with Crippen LogP contribution in [0.4, 0.5) is 4.39 Å². The topological polar surface area (TPSA) is 46.3 Å². The molecule has 0 heterocycles. The molecule has 0 spiro atoms. The molecular formula is C16H21FN2O. The van der Waals surface area contributed by atoms with Crippen LogP contribution in [-0.4, -0.2) is 30.4 Å². The van der Waals surface area contributed by atoms with E-state index in [2.05, 4.69) is 18.8 Å². The van der Waals surface area contributed by atoms with E-state index in [4.69, 9.17) is 5.73 Å². The summed E-state index contributed by atoms with van der Waals surface area (Å²) in [6.45, 7) is 4.24. The zero-order valence-electron chi connectivity index (χ0n) is 12.2. The summed E-state index contributed by atoms with van der Waals surface area (Å²) in [5.41, 5.74) is 6.14. The Labute approximate surface area is 120 Å². The molecule has 0 saturated carbocycles. The third-order valence-corrected chi connectivity index (χ3v) is 3.23. The van der Waals surface area contributed by atoms with Gasteiger partial charge in [-0.2, -0.15) is 0 Å². The van der Waals surface area contributed by atoms with E-state index in [1.54, 1.807) is 11.9 Å². The predicted molar refractivity (Wildman–Crippen MR) is 78.8 cm³/mol. The number of amides is 1. The molecule has 0 aliphatic carbocycles. The van der Waals surface area contributed by atoms with Gasteiger partial charge < -0.3 is 10.6 Å². The lowest BCUT2D eigenvalue weighted by molar-refractivity contribution is 0.0736. The molecule has 1 atom stereocenters. The highest BCUT2D eigenvalue weighted by Crippen LogP contribution is 2.15. The first-order valence-electron chi connectivity index (χ1n) is 6.76. The van der Waals surface area contributed by atoms with Crippen LogP contribution >= 0.6 is 0 Å². The van der Waals surface area contributed by atoms with Crippen molar-refractivity contribution in [3.8, 4) is 11.8 Å². The van der Waals surface area contributed by atoms with E-state index in [0.29, 0.717) is 5.56 Å². The predicted octanol–water partition coefficient (Wildman–Crippen LogP) is 2.40. The Kier molecular flexibility index (Phi) is 6.20. The van der Waals surface area contributed by atoms with Gasteiger partial charge in [-0.25, -0.2) is 4.39 Å². The van der Waals surface area contributed by atoms with Gasteiger partial charge in [0.15, 0.2) is 0 Å². The van der Waals surface area contributed by atoms with Crippen LogP contribution in [0.25, 0.3) is 0 Å². The fourth-order valence-corrected chi connectivity index (χ4v) is 1.95. The average molecular weight is 276 g/mol. The smallest absolute Gasteiger partial charge is 0.255 e. The molecule has 3 nitrogen and oxygen atoms in total. The fraction of sp³-hybridized carbons (Fsp3) is 0.438. The molecule has 4 heteroatoms. The maximum absolute atomic E-state index is 13.4. The van der Waals surface area contributed by atoms with Gasteiger partial charge >= 0.3 is 0 Å². The minimum Gasteiger partial charge on any atom is -0.339 e. The first kappa shape index (κ1) is 16.2. The second kappa shape index (κ2) is 7.66. The van der Waals surface area contributed by atoms with Crippen LogP contribution < -0.4 is 5.73 Å². The number of benzene rings is 1. The maximum Gasteiger partial charge on any atom is 0.255 e. The number of hydrogen-bond acceptors (Lipinski definition) is 2. The molecule has 2 N–H and O–H groups in total. The third kappa shape index (κ3) is 4.07. The summed E-state index contributed by atoms with van der Waals surface area (Å²) in [5.74, 6) is 4.86. The number of halogens is 1. The highest BCUT2D eigenvalue weighted by atomic mass is 19.1. The summed E-state index contributed by atoms with van der Waals surface area (Å²) in [6.07, 6.45) is 1.89. The van der Waals surface area contributed by atoms with Crippen LogP contribution in [0, 0.1) is 17.7 Å². The lowest BCUT2D eigenvalue weighted by atomic mass is 10.0. The summed E-state index contributed by atoms with van der Waals surface area (Å²) in [4.78, 5) is 14.1. The molecule has 1 rings (SSSR count). The largest absolute Gasteiger partial charge is 0.339 e. The molecule has 1 aromatic carbocycles. The minimum atomic E-state index is -0.441. The van der Waals surface area contributed by atoms with Crippen molar-refractivity contribution in [1.29, 1.82) is 0 Å². The van der Waals surface area contributed by atoms with E-state index in [1.165, 1.54) is 18.2 Å². The molecule has 0 aromatic heterocycles. The molecule has 1 unspecified atom stereocenters.